The molecule has 3 aromatic carbocycles. The predicted octanol–water partition coefficient (Wildman–Crippen LogP) is 2.57. The van der Waals surface area contributed by atoms with Gasteiger partial charge in [-0.25, -0.2) is 0 Å². The number of benzene rings is 3. The van der Waals surface area contributed by atoms with Crippen molar-refractivity contribution in [1.82, 2.24) is 15.3 Å². The summed E-state index contributed by atoms with van der Waals surface area (Å²) in [4.78, 5) is 37.6. The van der Waals surface area contributed by atoms with Gasteiger partial charge >= 0.3 is 0 Å². The molecule has 3 unspecified atom stereocenters. The molecule has 0 saturated carbocycles. The fourth-order valence-electron chi connectivity index (χ4n) is 4.93. The van der Waals surface area contributed by atoms with Crippen LogP contribution < -0.4 is 30.8 Å². The number of carboxylic acids is 2. The molecule has 338 valence electrons. The summed E-state index contributed by atoms with van der Waals surface area (Å²) in [6.07, 6.45) is 5.88. The molecule has 16 nitrogen and oxygen atoms in total. The molecule has 1 aliphatic rings. The number of aldehydes is 1. The zero-order valence-corrected chi connectivity index (χ0v) is 35.8. The lowest BCUT2D eigenvalue weighted by Crippen LogP contribution is -2.41. The maximum absolute atomic E-state index is 11.1. The third kappa shape index (κ3) is 26.0. The second kappa shape index (κ2) is 33.4. The first kappa shape index (κ1) is 55.7. The Labute approximate surface area is 363 Å². The van der Waals surface area contributed by atoms with Crippen LogP contribution in [0.5, 0.6) is 17.2 Å². The quantitative estimate of drug-likeness (QED) is 0.0892. The molecule has 0 spiro atoms. The Bertz CT molecular complexity index is 1910. The number of fused-ring (bicyclic) bond motifs is 1. The highest BCUT2D eigenvalue weighted by molar-refractivity contribution is 5.84. The van der Waals surface area contributed by atoms with E-state index in [4.69, 9.17) is 15.6 Å². The van der Waals surface area contributed by atoms with Crippen LogP contribution in [0.3, 0.4) is 0 Å². The zero-order valence-electron chi connectivity index (χ0n) is 35.8. The maximum Gasteiger partial charge on any atom is 0.158 e. The minimum absolute atomic E-state index is 0.0110. The number of aliphatic hydroxyl groups excluding tert-OH is 2. The number of methoxy groups -OCH3 is 2. The summed E-state index contributed by atoms with van der Waals surface area (Å²) in [5.41, 5.74) is 1.18. The molecular weight excluding hydrogens is 801 g/mol. The Morgan fingerprint density at radius 3 is 1.60 bits per heavy atom. The van der Waals surface area contributed by atoms with Gasteiger partial charge in [0.15, 0.2) is 12.6 Å². The molecule has 1 aliphatic heterocycles. The molecule has 0 radical (unpaired) electrons. The molecule has 16 heteroatoms. The first-order chi connectivity index (χ1) is 29.5. The van der Waals surface area contributed by atoms with Crippen LogP contribution in [0.4, 0.5) is 0 Å². The maximum atomic E-state index is 11.1. The van der Waals surface area contributed by atoms with E-state index in [1.165, 1.54) is 57.2 Å². The summed E-state index contributed by atoms with van der Waals surface area (Å²) < 4.78 is 8.88. The Hall–Kier alpha value is -6.30. The smallest absolute Gasteiger partial charge is 0.158 e. The fraction of sp³-hybridized carbons (Fsp3) is 0.348. The Kier molecular flexibility index (Phi) is 30.0. The number of nitrogens with one attached hydrogen (secondary N) is 2. The van der Waals surface area contributed by atoms with Gasteiger partial charge < -0.3 is 65.5 Å². The highest BCUT2D eigenvalue weighted by atomic mass is 16.6. The molecule has 0 bridgehead atoms. The van der Waals surface area contributed by atoms with Crippen LogP contribution in [0.25, 0.3) is 10.9 Å². The van der Waals surface area contributed by atoms with Crippen molar-refractivity contribution in [3.05, 3.63) is 126 Å². The average molecular weight is 858 g/mol. The highest BCUT2D eigenvalue weighted by Gasteiger charge is 2.13. The summed E-state index contributed by atoms with van der Waals surface area (Å²) >= 11 is 0. The van der Waals surface area contributed by atoms with Crippen molar-refractivity contribution < 1.29 is 59.6 Å². The van der Waals surface area contributed by atoms with Gasteiger partial charge in [0.05, 0.1) is 23.1 Å². The number of aromatic nitrogens is 2. The Balaban J connectivity index is 0.000000703. The largest absolute Gasteiger partial charge is 0.872 e. The van der Waals surface area contributed by atoms with Gasteiger partial charge in [0.2, 0.25) is 0 Å². The first-order valence-corrected chi connectivity index (χ1v) is 19.5. The van der Waals surface area contributed by atoms with E-state index in [9.17, 15) is 39.9 Å². The van der Waals surface area contributed by atoms with Crippen LogP contribution in [-0.4, -0.2) is 84.0 Å². The second-order valence-electron chi connectivity index (χ2n) is 13.8. The summed E-state index contributed by atoms with van der Waals surface area (Å²) in [7, 11) is 2.71. The van der Waals surface area contributed by atoms with Crippen molar-refractivity contribution in [2.24, 2.45) is 11.8 Å². The van der Waals surface area contributed by atoms with Crippen LogP contribution in [0.15, 0.2) is 109 Å². The monoisotopic (exact) mass is 857 g/mol. The zero-order chi connectivity index (χ0) is 46.9. The molecule has 62 heavy (non-hydrogen) atoms. The van der Waals surface area contributed by atoms with E-state index in [-0.39, 0.29) is 41.0 Å². The van der Waals surface area contributed by atoms with E-state index in [0.717, 1.165) is 42.8 Å². The van der Waals surface area contributed by atoms with Crippen molar-refractivity contribution >= 4 is 35.3 Å². The number of aliphatic hydroxyl groups is 2. The van der Waals surface area contributed by atoms with Gasteiger partial charge in [-0.15, -0.1) is 5.75 Å². The van der Waals surface area contributed by atoms with Gasteiger partial charge in [-0.05, 0) is 66.8 Å². The minimum atomic E-state index is -1.24. The highest BCUT2D eigenvalue weighted by Crippen LogP contribution is 2.18. The van der Waals surface area contributed by atoms with E-state index in [1.807, 2.05) is 18.2 Å². The number of aromatic carboxylic acids is 1. The summed E-state index contributed by atoms with van der Waals surface area (Å²) in [5.74, 6) is -0.777. The lowest BCUT2D eigenvalue weighted by atomic mass is 10.0. The molecule has 3 heterocycles. The molecule has 6 rings (SSSR count). The van der Waals surface area contributed by atoms with Gasteiger partial charge in [0.1, 0.15) is 6.29 Å². The Morgan fingerprint density at radius 1 is 0.742 bits per heavy atom. The van der Waals surface area contributed by atoms with Crippen molar-refractivity contribution in [3.63, 3.8) is 0 Å². The van der Waals surface area contributed by atoms with Gasteiger partial charge in [0.25, 0.3) is 0 Å². The van der Waals surface area contributed by atoms with Crippen LogP contribution in [0.2, 0.25) is 0 Å². The van der Waals surface area contributed by atoms with Crippen LogP contribution in [-0.2, 0) is 14.3 Å². The summed E-state index contributed by atoms with van der Waals surface area (Å²) in [5, 5.41) is 80.3. The van der Waals surface area contributed by atoms with Gasteiger partial charge in [-0.3, -0.25) is 14.8 Å². The van der Waals surface area contributed by atoms with Crippen molar-refractivity contribution in [2.75, 3.05) is 20.8 Å². The van der Waals surface area contributed by atoms with E-state index in [2.05, 4.69) is 52.5 Å². The van der Waals surface area contributed by atoms with E-state index < -0.39 is 24.5 Å². The van der Waals surface area contributed by atoms with E-state index >= 15 is 0 Å². The van der Waals surface area contributed by atoms with Gasteiger partial charge in [-0.2, -0.15) is 0 Å². The predicted molar refractivity (Wildman–Crippen MR) is 226 cm³/mol. The lowest BCUT2D eigenvalue weighted by molar-refractivity contribution is -0.308. The van der Waals surface area contributed by atoms with Crippen LogP contribution in [0.1, 0.15) is 79.8 Å². The fourth-order valence-corrected chi connectivity index (χ4v) is 4.93. The molecule has 1 saturated heterocycles. The number of rotatable bonds is 10. The van der Waals surface area contributed by atoms with Crippen molar-refractivity contribution in [3.8, 4) is 17.2 Å². The lowest BCUT2D eigenvalue weighted by Gasteiger charge is -2.11. The summed E-state index contributed by atoms with van der Waals surface area (Å²) in [6.45, 7) is 9.87. The molecule has 2 aromatic heterocycles. The SMILES string of the molecule is CC(C)CC(C)C.COC(O)CC(O)OC.N=Cc1ccccc1[O-].O=C([O-])C1CCCN1.O=C([O-])c1ccccn1.O=Cc1ccccc1[O-].[O-]c1cccc2cccnc12. The summed E-state index contributed by atoms with van der Waals surface area (Å²) in [6, 6.07) is 25.7. The number of carboxylic acid groups (broad SMARTS) is 2. The topological polar surface area (TPSA) is 287 Å². The minimum Gasteiger partial charge on any atom is -0.872 e. The van der Waals surface area contributed by atoms with Crippen LogP contribution >= 0.6 is 0 Å². The van der Waals surface area contributed by atoms with Crippen molar-refractivity contribution in [1.29, 1.82) is 5.41 Å². The molecule has 1 fully saturated rings. The number of para-hydroxylation sites is 3. The number of aliphatic carboxylic acids is 1. The number of carbonyl (C=O) groups is 3. The molecule has 0 amide bonds. The standard InChI is InChI=1S/C9H7NO.C7H7NO.C7H6O2.C7H16.C6H5NO2.C5H9NO2.C5H12O4/c11-8-5-1-3-7-4-2-6-10-9(7)8;2*8-5-6-3-1-2-4-7(6)9;1-6(2)5-7(3)4;8-6(9)5-3-1-2-4-7-5;7-5(8)4-2-1-3-6-4;1-8-4(6)3-5(7)9-2/h1-6,11H;1-5,8-9H;1-5,9H;6-7H,5H2,1-4H3;1-4H,(H,8,9);4,6H,1-3H2,(H,7,8);4-7H,3H2,1-2H3/p-5. The normalized spacial score (nSPS) is 13.1. The number of hydrogen-bond donors (Lipinski definition) is 4. The van der Waals surface area contributed by atoms with E-state index in [0.29, 0.717) is 17.4 Å². The number of nitrogens with zero attached hydrogens (tertiary/aromatic N) is 2. The van der Waals surface area contributed by atoms with Crippen LogP contribution in [0, 0.1) is 17.2 Å². The first-order valence-electron chi connectivity index (χ1n) is 19.5. The number of hydrogen-bond acceptors (Lipinski definition) is 16. The molecular formula is C46H57N4O12-5. The number of pyridine rings is 2. The van der Waals surface area contributed by atoms with Gasteiger partial charge in [-0.1, -0.05) is 118 Å². The number of ether oxygens (including phenoxy) is 2. The molecule has 3 atom stereocenters. The molecule has 0 aliphatic carbocycles. The third-order valence-electron chi connectivity index (χ3n) is 7.83. The number of carbonyl (C=O) groups excluding carboxylic acids is 3. The third-order valence-corrected chi connectivity index (χ3v) is 7.83. The van der Waals surface area contributed by atoms with Crippen molar-refractivity contribution in [2.45, 2.75) is 72.0 Å². The van der Waals surface area contributed by atoms with E-state index in [1.54, 1.807) is 54.7 Å². The molecule has 4 N–H and O–H groups in total. The average Bonchev–Trinajstić information content (AvgIpc) is 3.82. The molecule has 5 aromatic rings. The van der Waals surface area contributed by atoms with Gasteiger partial charge in [0, 0.05) is 50.9 Å². The Morgan fingerprint density at radius 2 is 1.26 bits per heavy atom. The second-order valence-corrected chi connectivity index (χ2v) is 13.8.